The zero-order valence-corrected chi connectivity index (χ0v) is 12.8. The number of nitrogens with two attached hydrogens (primary N) is 1. The third-order valence-electron chi connectivity index (χ3n) is 3.85. The molecule has 1 aromatic rings. The summed E-state index contributed by atoms with van der Waals surface area (Å²) >= 11 is 3.36. The third-order valence-corrected chi connectivity index (χ3v) is 4.61. The fraction of sp³-hybridized carbons (Fsp3) is 0.692. The normalized spacial score (nSPS) is 17.6. The van der Waals surface area contributed by atoms with Gasteiger partial charge in [0.2, 0.25) is 0 Å². The van der Waals surface area contributed by atoms with Gasteiger partial charge in [0.1, 0.15) is 4.47 Å². The van der Waals surface area contributed by atoms with Gasteiger partial charge in [0, 0.05) is 19.1 Å². The molecule has 1 unspecified atom stereocenters. The summed E-state index contributed by atoms with van der Waals surface area (Å²) in [5, 5.41) is 7.53. The molecule has 1 fully saturated rings. The first-order chi connectivity index (χ1) is 9.17. The van der Waals surface area contributed by atoms with Crippen LogP contribution in [0.15, 0.2) is 15.5 Å². The number of hydrogen-bond donors (Lipinski definition) is 2. The maximum atomic E-state index is 12.0. The molecule has 1 saturated carbocycles. The van der Waals surface area contributed by atoms with Crippen LogP contribution in [0.5, 0.6) is 0 Å². The molecule has 1 heterocycles. The lowest BCUT2D eigenvalue weighted by molar-refractivity contribution is 0.461. The van der Waals surface area contributed by atoms with Gasteiger partial charge in [0.15, 0.2) is 0 Å². The van der Waals surface area contributed by atoms with Gasteiger partial charge in [0.25, 0.3) is 5.56 Å². The van der Waals surface area contributed by atoms with Crippen molar-refractivity contribution in [3.8, 4) is 0 Å². The lowest BCUT2D eigenvalue weighted by Crippen LogP contribution is -2.36. The highest BCUT2D eigenvalue weighted by atomic mass is 79.9. The van der Waals surface area contributed by atoms with Crippen LogP contribution < -0.4 is 16.6 Å². The highest BCUT2D eigenvalue weighted by molar-refractivity contribution is 9.10. The first kappa shape index (κ1) is 14.5. The summed E-state index contributed by atoms with van der Waals surface area (Å²) < 4.78 is 1.98. The second-order valence-electron chi connectivity index (χ2n) is 5.02. The van der Waals surface area contributed by atoms with Gasteiger partial charge in [0.05, 0.1) is 11.9 Å². The molecule has 0 aromatic carbocycles. The van der Waals surface area contributed by atoms with Crippen molar-refractivity contribution >= 4 is 21.6 Å². The van der Waals surface area contributed by atoms with E-state index in [-0.39, 0.29) is 11.6 Å². The summed E-state index contributed by atoms with van der Waals surface area (Å²) in [6.45, 7) is 3.05. The Kier molecular flexibility index (Phi) is 4.99. The van der Waals surface area contributed by atoms with E-state index in [0.717, 1.165) is 5.69 Å². The SMILES string of the molecule is CCn1ncc(NC(CN)C2CCCC2)c(Br)c1=O. The molecule has 2 rings (SSSR count). The number of aromatic nitrogens is 2. The molecule has 0 spiro atoms. The smallest absolute Gasteiger partial charge is 0.283 e. The van der Waals surface area contributed by atoms with Crippen LogP contribution in [0, 0.1) is 5.92 Å². The topological polar surface area (TPSA) is 72.9 Å². The van der Waals surface area contributed by atoms with Crippen molar-refractivity contribution < 1.29 is 0 Å². The number of rotatable bonds is 5. The third kappa shape index (κ3) is 3.17. The van der Waals surface area contributed by atoms with Crippen LogP contribution in [0.2, 0.25) is 0 Å². The molecule has 0 radical (unpaired) electrons. The monoisotopic (exact) mass is 328 g/mol. The predicted molar refractivity (Wildman–Crippen MR) is 80.3 cm³/mol. The number of nitrogens with zero attached hydrogens (tertiary/aromatic N) is 2. The van der Waals surface area contributed by atoms with Gasteiger partial charge >= 0.3 is 0 Å². The molecule has 1 atom stereocenters. The van der Waals surface area contributed by atoms with Gasteiger partial charge in [-0.2, -0.15) is 5.10 Å². The second-order valence-corrected chi connectivity index (χ2v) is 5.82. The molecule has 19 heavy (non-hydrogen) atoms. The van der Waals surface area contributed by atoms with Crippen molar-refractivity contribution in [2.45, 2.75) is 45.2 Å². The van der Waals surface area contributed by atoms with Gasteiger partial charge in [-0.05, 0) is 41.6 Å². The highest BCUT2D eigenvalue weighted by Gasteiger charge is 2.24. The van der Waals surface area contributed by atoms with Crippen LogP contribution in [-0.2, 0) is 6.54 Å². The first-order valence-electron chi connectivity index (χ1n) is 6.89. The van der Waals surface area contributed by atoms with E-state index in [1.807, 2.05) is 6.92 Å². The Morgan fingerprint density at radius 2 is 2.26 bits per heavy atom. The standard InChI is InChI=1S/C13H21BrN4O/c1-2-18-13(19)12(14)11(8-16-18)17-10(7-15)9-5-3-4-6-9/h8-10,17H,2-7,15H2,1H3. The molecule has 0 bridgehead atoms. The Labute approximate surface area is 121 Å². The minimum atomic E-state index is -0.102. The summed E-state index contributed by atoms with van der Waals surface area (Å²) in [6, 6.07) is 0.220. The summed E-state index contributed by atoms with van der Waals surface area (Å²) in [5.41, 5.74) is 6.51. The predicted octanol–water partition coefficient (Wildman–Crippen LogP) is 1.96. The highest BCUT2D eigenvalue weighted by Crippen LogP contribution is 2.29. The first-order valence-corrected chi connectivity index (χ1v) is 7.68. The number of halogens is 1. The maximum absolute atomic E-state index is 12.0. The van der Waals surface area contributed by atoms with E-state index >= 15 is 0 Å². The van der Waals surface area contributed by atoms with E-state index < -0.39 is 0 Å². The lowest BCUT2D eigenvalue weighted by atomic mass is 9.98. The van der Waals surface area contributed by atoms with Crippen molar-refractivity contribution in [1.82, 2.24) is 9.78 Å². The average Bonchev–Trinajstić information content (AvgIpc) is 2.94. The Morgan fingerprint density at radius 1 is 1.58 bits per heavy atom. The number of nitrogens with one attached hydrogen (secondary N) is 1. The lowest BCUT2D eigenvalue weighted by Gasteiger charge is -2.24. The van der Waals surface area contributed by atoms with Crippen molar-refractivity contribution in [3.05, 3.63) is 21.0 Å². The van der Waals surface area contributed by atoms with E-state index in [2.05, 4.69) is 26.3 Å². The molecule has 106 valence electrons. The molecule has 1 aromatic heterocycles. The number of aryl methyl sites for hydroxylation is 1. The quantitative estimate of drug-likeness (QED) is 0.866. The van der Waals surface area contributed by atoms with E-state index in [0.29, 0.717) is 23.5 Å². The van der Waals surface area contributed by atoms with Crippen molar-refractivity contribution in [2.24, 2.45) is 11.7 Å². The van der Waals surface area contributed by atoms with Crippen LogP contribution in [0.4, 0.5) is 5.69 Å². The summed E-state index contributed by atoms with van der Waals surface area (Å²) in [6.07, 6.45) is 6.68. The van der Waals surface area contributed by atoms with Crippen LogP contribution in [0.25, 0.3) is 0 Å². The van der Waals surface area contributed by atoms with Crippen molar-refractivity contribution in [2.75, 3.05) is 11.9 Å². The fourth-order valence-corrected chi connectivity index (χ4v) is 3.14. The molecular formula is C13H21BrN4O. The van der Waals surface area contributed by atoms with Gasteiger partial charge in [-0.3, -0.25) is 4.79 Å². The number of hydrogen-bond acceptors (Lipinski definition) is 4. The average molecular weight is 329 g/mol. The van der Waals surface area contributed by atoms with Gasteiger partial charge < -0.3 is 11.1 Å². The van der Waals surface area contributed by atoms with Gasteiger partial charge in [-0.15, -0.1) is 0 Å². The fourth-order valence-electron chi connectivity index (χ4n) is 2.72. The molecule has 1 aliphatic rings. The minimum absolute atomic E-state index is 0.102. The van der Waals surface area contributed by atoms with Gasteiger partial charge in [-0.1, -0.05) is 12.8 Å². The van der Waals surface area contributed by atoms with Crippen molar-refractivity contribution in [3.63, 3.8) is 0 Å². The summed E-state index contributed by atoms with van der Waals surface area (Å²) in [7, 11) is 0. The minimum Gasteiger partial charge on any atom is -0.378 e. The molecule has 6 heteroatoms. The molecule has 3 N–H and O–H groups in total. The van der Waals surface area contributed by atoms with Crippen LogP contribution in [0.3, 0.4) is 0 Å². The van der Waals surface area contributed by atoms with E-state index in [1.165, 1.54) is 30.4 Å². The Hall–Kier alpha value is -0.880. The van der Waals surface area contributed by atoms with Crippen LogP contribution in [-0.4, -0.2) is 22.4 Å². The molecule has 5 nitrogen and oxygen atoms in total. The summed E-state index contributed by atoms with van der Waals surface area (Å²) in [5.74, 6) is 0.602. The molecule has 1 aliphatic carbocycles. The van der Waals surface area contributed by atoms with E-state index in [1.54, 1.807) is 6.20 Å². The Bertz CT molecular complexity index is 482. The van der Waals surface area contributed by atoms with Crippen molar-refractivity contribution in [1.29, 1.82) is 0 Å². The van der Waals surface area contributed by atoms with Crippen LogP contribution in [0.1, 0.15) is 32.6 Å². The van der Waals surface area contributed by atoms with Crippen LogP contribution >= 0.6 is 15.9 Å². The second kappa shape index (κ2) is 6.52. The zero-order valence-electron chi connectivity index (χ0n) is 11.2. The Morgan fingerprint density at radius 3 is 2.84 bits per heavy atom. The Balaban J connectivity index is 2.17. The van der Waals surface area contributed by atoms with E-state index in [9.17, 15) is 4.79 Å². The largest absolute Gasteiger partial charge is 0.378 e. The summed E-state index contributed by atoms with van der Waals surface area (Å²) in [4.78, 5) is 12.0. The molecule has 0 amide bonds. The molecule has 0 saturated heterocycles. The maximum Gasteiger partial charge on any atom is 0.283 e. The number of anilines is 1. The van der Waals surface area contributed by atoms with E-state index in [4.69, 9.17) is 5.73 Å². The van der Waals surface area contributed by atoms with Gasteiger partial charge in [-0.25, -0.2) is 4.68 Å². The molecule has 0 aliphatic heterocycles. The molecular weight excluding hydrogens is 308 g/mol. The zero-order chi connectivity index (χ0) is 13.8.